The van der Waals surface area contributed by atoms with E-state index < -0.39 is 0 Å². The first-order chi connectivity index (χ1) is 8.71. The van der Waals surface area contributed by atoms with E-state index in [1.807, 2.05) is 12.1 Å². The third-order valence-corrected chi connectivity index (χ3v) is 4.45. The molecule has 0 saturated carbocycles. The van der Waals surface area contributed by atoms with Crippen LogP contribution in [0.25, 0.3) is 0 Å². The smallest absolute Gasteiger partial charge is 0.0407 e. The second-order valence-electron chi connectivity index (χ2n) is 5.65. The molecule has 4 heteroatoms. The highest BCUT2D eigenvalue weighted by Gasteiger charge is 2.47. The summed E-state index contributed by atoms with van der Waals surface area (Å²) in [4.78, 5) is 4.95. The fourth-order valence-corrected chi connectivity index (χ4v) is 3.43. The van der Waals surface area contributed by atoms with Crippen LogP contribution in [0.2, 0.25) is 5.02 Å². The zero-order chi connectivity index (χ0) is 12.6. The SMILES string of the molecule is NCCN1CC2(CCN(c3ccc(Cl)cc3)C2)C1. The van der Waals surface area contributed by atoms with E-state index in [4.69, 9.17) is 17.3 Å². The van der Waals surface area contributed by atoms with Crippen molar-refractivity contribution in [2.75, 3.05) is 44.2 Å². The first kappa shape index (κ1) is 12.3. The van der Waals surface area contributed by atoms with Gasteiger partial charge in [-0.25, -0.2) is 0 Å². The molecule has 98 valence electrons. The fourth-order valence-electron chi connectivity index (χ4n) is 3.31. The molecule has 3 rings (SSSR count). The summed E-state index contributed by atoms with van der Waals surface area (Å²) in [6.45, 7) is 6.59. The number of benzene rings is 1. The lowest BCUT2D eigenvalue weighted by atomic mass is 9.79. The van der Waals surface area contributed by atoms with Crippen LogP contribution in [-0.2, 0) is 0 Å². The van der Waals surface area contributed by atoms with Gasteiger partial charge in [-0.2, -0.15) is 0 Å². The van der Waals surface area contributed by atoms with Gasteiger partial charge in [-0.1, -0.05) is 11.6 Å². The molecule has 0 amide bonds. The van der Waals surface area contributed by atoms with E-state index in [0.717, 1.165) is 24.7 Å². The summed E-state index contributed by atoms with van der Waals surface area (Å²) in [6.07, 6.45) is 1.30. The largest absolute Gasteiger partial charge is 0.371 e. The summed E-state index contributed by atoms with van der Waals surface area (Å²) in [5.74, 6) is 0. The van der Waals surface area contributed by atoms with Crippen LogP contribution < -0.4 is 10.6 Å². The minimum atomic E-state index is 0.523. The maximum absolute atomic E-state index is 5.93. The van der Waals surface area contributed by atoms with Gasteiger partial charge in [0.1, 0.15) is 0 Å². The Kier molecular flexibility index (Phi) is 3.22. The van der Waals surface area contributed by atoms with Crippen molar-refractivity contribution in [1.82, 2.24) is 4.90 Å². The minimum Gasteiger partial charge on any atom is -0.371 e. The van der Waals surface area contributed by atoms with E-state index in [-0.39, 0.29) is 0 Å². The number of likely N-dealkylation sites (tertiary alicyclic amines) is 1. The standard InChI is InChI=1S/C14H20ClN3/c15-12-1-3-13(4-2-12)18-7-5-14(11-18)9-17(10-14)8-6-16/h1-4H,5-11,16H2. The van der Waals surface area contributed by atoms with Gasteiger partial charge < -0.3 is 15.5 Å². The lowest BCUT2D eigenvalue weighted by Gasteiger charge is -2.48. The molecule has 0 bridgehead atoms. The number of hydrogen-bond acceptors (Lipinski definition) is 3. The molecule has 2 heterocycles. The second-order valence-corrected chi connectivity index (χ2v) is 6.08. The van der Waals surface area contributed by atoms with Crippen molar-refractivity contribution in [3.05, 3.63) is 29.3 Å². The summed E-state index contributed by atoms with van der Waals surface area (Å²) >= 11 is 5.93. The molecular weight excluding hydrogens is 246 g/mol. The number of halogens is 1. The van der Waals surface area contributed by atoms with Crippen LogP contribution in [-0.4, -0.2) is 44.2 Å². The topological polar surface area (TPSA) is 32.5 Å². The average Bonchev–Trinajstić information content (AvgIpc) is 2.75. The Morgan fingerprint density at radius 2 is 1.89 bits per heavy atom. The van der Waals surface area contributed by atoms with Crippen LogP contribution >= 0.6 is 11.6 Å². The number of hydrogen-bond donors (Lipinski definition) is 1. The normalized spacial score (nSPS) is 22.4. The Hall–Kier alpha value is -0.770. The summed E-state index contributed by atoms with van der Waals surface area (Å²) < 4.78 is 0. The van der Waals surface area contributed by atoms with Crippen molar-refractivity contribution in [3.63, 3.8) is 0 Å². The zero-order valence-corrected chi connectivity index (χ0v) is 11.4. The number of rotatable bonds is 3. The van der Waals surface area contributed by atoms with Crippen LogP contribution in [0.1, 0.15) is 6.42 Å². The third-order valence-electron chi connectivity index (χ3n) is 4.19. The van der Waals surface area contributed by atoms with Gasteiger partial charge in [-0.05, 0) is 30.7 Å². The number of nitrogens with two attached hydrogens (primary N) is 1. The zero-order valence-electron chi connectivity index (χ0n) is 10.6. The van der Waals surface area contributed by atoms with Gasteiger partial charge in [-0.15, -0.1) is 0 Å². The Morgan fingerprint density at radius 3 is 2.56 bits per heavy atom. The first-order valence-electron chi connectivity index (χ1n) is 6.64. The van der Waals surface area contributed by atoms with Crippen molar-refractivity contribution < 1.29 is 0 Å². The van der Waals surface area contributed by atoms with Gasteiger partial charge in [0.25, 0.3) is 0 Å². The van der Waals surface area contributed by atoms with Crippen LogP contribution in [0.15, 0.2) is 24.3 Å². The molecule has 2 saturated heterocycles. The maximum Gasteiger partial charge on any atom is 0.0407 e. The maximum atomic E-state index is 5.93. The number of nitrogens with zero attached hydrogens (tertiary/aromatic N) is 2. The summed E-state index contributed by atoms with van der Waals surface area (Å²) in [7, 11) is 0. The van der Waals surface area contributed by atoms with Crippen LogP contribution in [0.3, 0.4) is 0 Å². The Bertz CT molecular complexity index is 412. The summed E-state index contributed by atoms with van der Waals surface area (Å²) in [5, 5.41) is 0.811. The Morgan fingerprint density at radius 1 is 1.17 bits per heavy atom. The Labute approximate surface area is 114 Å². The van der Waals surface area contributed by atoms with Gasteiger partial charge in [0.05, 0.1) is 0 Å². The molecule has 2 aliphatic rings. The van der Waals surface area contributed by atoms with E-state index >= 15 is 0 Å². The molecule has 0 aromatic heterocycles. The van der Waals surface area contributed by atoms with Crippen molar-refractivity contribution in [1.29, 1.82) is 0 Å². The predicted octanol–water partition coefficient (Wildman–Crippen LogP) is 1.81. The summed E-state index contributed by atoms with van der Waals surface area (Å²) in [6, 6.07) is 8.20. The molecule has 2 aliphatic heterocycles. The van der Waals surface area contributed by atoms with Crippen LogP contribution in [0.4, 0.5) is 5.69 Å². The highest BCUT2D eigenvalue weighted by Crippen LogP contribution is 2.40. The molecule has 2 N–H and O–H groups in total. The second kappa shape index (κ2) is 4.72. The number of anilines is 1. The van der Waals surface area contributed by atoms with Crippen molar-refractivity contribution in [2.24, 2.45) is 11.1 Å². The van der Waals surface area contributed by atoms with E-state index in [2.05, 4.69) is 21.9 Å². The van der Waals surface area contributed by atoms with Gasteiger partial charge in [0, 0.05) is 55.4 Å². The van der Waals surface area contributed by atoms with Crippen LogP contribution in [0, 0.1) is 5.41 Å². The van der Waals surface area contributed by atoms with Crippen LogP contribution in [0.5, 0.6) is 0 Å². The van der Waals surface area contributed by atoms with Crippen molar-refractivity contribution >= 4 is 17.3 Å². The average molecular weight is 266 g/mol. The van der Waals surface area contributed by atoms with E-state index in [9.17, 15) is 0 Å². The molecule has 1 aromatic carbocycles. The van der Waals surface area contributed by atoms with E-state index in [1.54, 1.807) is 0 Å². The van der Waals surface area contributed by atoms with Crippen molar-refractivity contribution in [3.8, 4) is 0 Å². The van der Waals surface area contributed by atoms with E-state index in [1.165, 1.54) is 31.7 Å². The fraction of sp³-hybridized carbons (Fsp3) is 0.571. The van der Waals surface area contributed by atoms with Crippen molar-refractivity contribution in [2.45, 2.75) is 6.42 Å². The van der Waals surface area contributed by atoms with Gasteiger partial charge >= 0.3 is 0 Å². The molecular formula is C14H20ClN3. The molecule has 0 radical (unpaired) electrons. The molecule has 18 heavy (non-hydrogen) atoms. The molecule has 1 spiro atoms. The lowest BCUT2D eigenvalue weighted by molar-refractivity contribution is 0.0213. The summed E-state index contributed by atoms with van der Waals surface area (Å²) in [5.41, 5.74) is 7.42. The molecule has 2 fully saturated rings. The predicted molar refractivity (Wildman–Crippen MR) is 76.2 cm³/mol. The molecule has 0 aliphatic carbocycles. The Balaban J connectivity index is 1.61. The molecule has 3 nitrogen and oxygen atoms in total. The molecule has 1 aromatic rings. The van der Waals surface area contributed by atoms with E-state index in [0.29, 0.717) is 5.41 Å². The monoisotopic (exact) mass is 265 g/mol. The third kappa shape index (κ3) is 2.22. The highest BCUT2D eigenvalue weighted by molar-refractivity contribution is 6.30. The minimum absolute atomic E-state index is 0.523. The van der Waals surface area contributed by atoms with Gasteiger partial charge in [-0.3, -0.25) is 0 Å². The lowest BCUT2D eigenvalue weighted by Crippen LogP contribution is -2.58. The first-order valence-corrected chi connectivity index (χ1v) is 7.02. The quantitative estimate of drug-likeness (QED) is 0.905. The highest BCUT2D eigenvalue weighted by atomic mass is 35.5. The molecule has 0 atom stereocenters. The van der Waals surface area contributed by atoms with Gasteiger partial charge in [0.2, 0.25) is 0 Å². The molecule has 0 unspecified atom stereocenters. The van der Waals surface area contributed by atoms with Gasteiger partial charge in [0.15, 0.2) is 0 Å².